The quantitative estimate of drug-likeness (QED) is 0.473. The SMILES string of the molecule is CN1CCN(CCOc2ccc(C3CN(c4nc(-c5ccncc5F)cc(=O)n4N)CCO3)cc2)CC1. The van der Waals surface area contributed by atoms with Crippen LogP contribution in [0.5, 0.6) is 5.75 Å². The van der Waals surface area contributed by atoms with Crippen LogP contribution in [0.25, 0.3) is 11.3 Å². The first-order chi connectivity index (χ1) is 18.0. The van der Waals surface area contributed by atoms with Crippen molar-refractivity contribution in [2.45, 2.75) is 6.10 Å². The zero-order chi connectivity index (χ0) is 25.8. The first kappa shape index (κ1) is 25.1. The van der Waals surface area contributed by atoms with Gasteiger partial charge in [0.2, 0.25) is 5.95 Å². The van der Waals surface area contributed by atoms with Crippen LogP contribution in [-0.4, -0.2) is 90.5 Å². The highest BCUT2D eigenvalue weighted by atomic mass is 19.1. The van der Waals surface area contributed by atoms with E-state index in [2.05, 4.69) is 26.8 Å². The first-order valence-corrected chi connectivity index (χ1v) is 12.5. The number of hydrogen-bond donors (Lipinski definition) is 1. The highest BCUT2D eigenvalue weighted by molar-refractivity contribution is 5.60. The summed E-state index contributed by atoms with van der Waals surface area (Å²) in [6.07, 6.45) is 2.31. The molecule has 10 nitrogen and oxygen atoms in total. The molecule has 1 aromatic carbocycles. The summed E-state index contributed by atoms with van der Waals surface area (Å²) < 4.78 is 27.2. The van der Waals surface area contributed by atoms with Gasteiger partial charge in [0.15, 0.2) is 5.82 Å². The molecule has 196 valence electrons. The second-order valence-electron chi connectivity index (χ2n) is 9.37. The van der Waals surface area contributed by atoms with Crippen molar-refractivity contribution in [3.05, 3.63) is 70.5 Å². The van der Waals surface area contributed by atoms with Gasteiger partial charge >= 0.3 is 0 Å². The van der Waals surface area contributed by atoms with E-state index in [0.717, 1.165) is 54.9 Å². The summed E-state index contributed by atoms with van der Waals surface area (Å²) in [4.78, 5) is 27.5. The molecule has 0 amide bonds. The number of ether oxygens (including phenoxy) is 2. The van der Waals surface area contributed by atoms with E-state index in [1.165, 1.54) is 18.3 Å². The van der Waals surface area contributed by atoms with Gasteiger partial charge in [0.1, 0.15) is 18.5 Å². The zero-order valence-electron chi connectivity index (χ0n) is 20.9. The molecule has 1 unspecified atom stereocenters. The Morgan fingerprint density at radius 2 is 1.92 bits per heavy atom. The number of rotatable bonds is 7. The summed E-state index contributed by atoms with van der Waals surface area (Å²) in [5, 5.41) is 0. The molecule has 11 heteroatoms. The average molecular weight is 510 g/mol. The maximum atomic E-state index is 14.3. The summed E-state index contributed by atoms with van der Waals surface area (Å²) in [7, 11) is 2.15. The van der Waals surface area contributed by atoms with Crippen molar-refractivity contribution in [1.29, 1.82) is 0 Å². The van der Waals surface area contributed by atoms with E-state index in [0.29, 0.717) is 26.3 Å². The van der Waals surface area contributed by atoms with Crippen LogP contribution >= 0.6 is 0 Å². The number of nitrogens with zero attached hydrogens (tertiary/aromatic N) is 6. The Labute approximate surface area is 215 Å². The van der Waals surface area contributed by atoms with Crippen LogP contribution < -0.4 is 21.0 Å². The number of benzene rings is 1. The number of anilines is 1. The van der Waals surface area contributed by atoms with Gasteiger partial charge in [-0.2, -0.15) is 4.68 Å². The largest absolute Gasteiger partial charge is 0.492 e. The minimum Gasteiger partial charge on any atom is -0.492 e. The van der Waals surface area contributed by atoms with Gasteiger partial charge in [-0.25, -0.2) is 9.37 Å². The number of likely N-dealkylation sites (N-methyl/N-ethyl adjacent to an activating group) is 1. The number of nitrogens with two attached hydrogens (primary N) is 1. The van der Waals surface area contributed by atoms with Crippen molar-refractivity contribution in [3.63, 3.8) is 0 Å². The molecule has 0 bridgehead atoms. The number of pyridine rings is 1. The van der Waals surface area contributed by atoms with Crippen LogP contribution in [0.2, 0.25) is 0 Å². The normalized spacial score (nSPS) is 19.2. The lowest BCUT2D eigenvalue weighted by Gasteiger charge is -2.34. The van der Waals surface area contributed by atoms with Gasteiger partial charge in [-0.1, -0.05) is 12.1 Å². The van der Waals surface area contributed by atoms with E-state index in [1.807, 2.05) is 29.2 Å². The predicted octanol–water partition coefficient (Wildman–Crippen LogP) is 1.36. The highest BCUT2D eigenvalue weighted by Crippen LogP contribution is 2.27. The van der Waals surface area contributed by atoms with Crippen LogP contribution in [0.15, 0.2) is 53.6 Å². The number of morpholine rings is 1. The Balaban J connectivity index is 1.24. The minimum atomic E-state index is -0.555. The summed E-state index contributed by atoms with van der Waals surface area (Å²) in [6.45, 7) is 7.24. The Bertz CT molecular complexity index is 1260. The summed E-state index contributed by atoms with van der Waals surface area (Å²) in [5.41, 5.74) is 0.917. The maximum absolute atomic E-state index is 14.3. The Kier molecular flexibility index (Phi) is 7.63. The van der Waals surface area contributed by atoms with E-state index in [9.17, 15) is 9.18 Å². The van der Waals surface area contributed by atoms with Gasteiger partial charge in [0.05, 0.1) is 25.0 Å². The number of nitrogen functional groups attached to an aromatic ring is 1. The molecule has 2 aliphatic heterocycles. The van der Waals surface area contributed by atoms with Crippen LogP contribution in [0, 0.1) is 5.82 Å². The molecule has 3 aromatic rings. The molecule has 2 fully saturated rings. The molecule has 1 atom stereocenters. The molecular formula is C26H32FN7O3. The highest BCUT2D eigenvalue weighted by Gasteiger charge is 2.26. The van der Waals surface area contributed by atoms with Gasteiger partial charge in [-0.3, -0.25) is 14.7 Å². The topological polar surface area (TPSA) is 102 Å². The number of halogens is 1. The first-order valence-electron chi connectivity index (χ1n) is 12.5. The Morgan fingerprint density at radius 3 is 2.68 bits per heavy atom. The van der Waals surface area contributed by atoms with Gasteiger partial charge in [0.25, 0.3) is 5.56 Å². The van der Waals surface area contributed by atoms with Crippen LogP contribution in [0.3, 0.4) is 0 Å². The fraction of sp³-hybridized carbons (Fsp3) is 0.423. The monoisotopic (exact) mass is 509 g/mol. The number of aromatic nitrogens is 3. The van der Waals surface area contributed by atoms with Crippen molar-refractivity contribution < 1.29 is 13.9 Å². The molecule has 0 saturated carbocycles. The van der Waals surface area contributed by atoms with Gasteiger partial charge in [0, 0.05) is 57.1 Å². The fourth-order valence-corrected chi connectivity index (χ4v) is 4.60. The predicted molar refractivity (Wildman–Crippen MR) is 139 cm³/mol. The third-order valence-corrected chi connectivity index (χ3v) is 6.86. The molecular weight excluding hydrogens is 477 g/mol. The average Bonchev–Trinajstić information content (AvgIpc) is 2.92. The summed E-state index contributed by atoms with van der Waals surface area (Å²) in [6, 6.07) is 10.6. The van der Waals surface area contributed by atoms with Crippen LogP contribution in [0.4, 0.5) is 10.3 Å². The van der Waals surface area contributed by atoms with Crippen molar-refractivity contribution >= 4 is 5.95 Å². The zero-order valence-corrected chi connectivity index (χ0v) is 20.9. The van der Waals surface area contributed by atoms with Crippen LogP contribution in [-0.2, 0) is 4.74 Å². The maximum Gasteiger partial charge on any atom is 0.273 e. The Hall–Kier alpha value is -3.54. The Morgan fingerprint density at radius 1 is 1.14 bits per heavy atom. The molecule has 2 aromatic heterocycles. The van der Waals surface area contributed by atoms with E-state index in [1.54, 1.807) is 0 Å². The van der Waals surface area contributed by atoms with E-state index >= 15 is 0 Å². The standard InChI is InChI=1S/C26H32FN7O3/c1-31-8-10-32(11-9-31)12-14-36-20-4-2-19(3-5-20)24-18-33(13-15-37-24)26-30-23(16-25(35)34(26)28)21-6-7-29-17-22(21)27/h2-7,16-17,24H,8-15,18,28H2,1H3. The molecule has 5 rings (SSSR count). The van der Waals surface area contributed by atoms with E-state index < -0.39 is 11.4 Å². The molecule has 2 N–H and O–H groups in total. The van der Waals surface area contributed by atoms with Crippen molar-refractivity contribution in [2.24, 2.45) is 0 Å². The van der Waals surface area contributed by atoms with Gasteiger partial charge in [-0.15, -0.1) is 0 Å². The van der Waals surface area contributed by atoms with Crippen molar-refractivity contribution in [3.8, 4) is 17.0 Å². The molecule has 4 heterocycles. The second kappa shape index (κ2) is 11.2. The molecule has 2 saturated heterocycles. The molecule has 0 radical (unpaired) electrons. The molecule has 2 aliphatic rings. The molecule has 0 aliphatic carbocycles. The summed E-state index contributed by atoms with van der Waals surface area (Å²) in [5.74, 6) is 6.56. The minimum absolute atomic E-state index is 0.196. The smallest absolute Gasteiger partial charge is 0.273 e. The lowest BCUT2D eigenvalue weighted by Crippen LogP contribution is -2.45. The number of hydrogen-bond acceptors (Lipinski definition) is 9. The van der Waals surface area contributed by atoms with E-state index in [4.69, 9.17) is 15.3 Å². The lowest BCUT2D eigenvalue weighted by atomic mass is 10.1. The van der Waals surface area contributed by atoms with Gasteiger partial charge in [-0.05, 0) is 30.8 Å². The molecule has 0 spiro atoms. The van der Waals surface area contributed by atoms with E-state index in [-0.39, 0.29) is 23.3 Å². The summed E-state index contributed by atoms with van der Waals surface area (Å²) >= 11 is 0. The fourth-order valence-electron chi connectivity index (χ4n) is 4.60. The lowest BCUT2D eigenvalue weighted by molar-refractivity contribution is 0.0390. The van der Waals surface area contributed by atoms with Crippen molar-refractivity contribution in [2.75, 3.05) is 76.8 Å². The third kappa shape index (κ3) is 5.90. The third-order valence-electron chi connectivity index (χ3n) is 6.86. The van der Waals surface area contributed by atoms with Crippen LogP contribution in [0.1, 0.15) is 11.7 Å². The van der Waals surface area contributed by atoms with Crippen molar-refractivity contribution in [1.82, 2.24) is 24.4 Å². The second-order valence-corrected chi connectivity index (χ2v) is 9.37. The number of piperazine rings is 1. The van der Waals surface area contributed by atoms with Gasteiger partial charge < -0.3 is 25.1 Å². The molecule has 37 heavy (non-hydrogen) atoms.